The van der Waals surface area contributed by atoms with Crippen molar-refractivity contribution in [2.45, 2.75) is 10.3 Å². The number of benzene rings is 1. The van der Waals surface area contributed by atoms with Crippen LogP contribution in [0.25, 0.3) is 0 Å². The van der Waals surface area contributed by atoms with E-state index in [2.05, 4.69) is 29.2 Å². The van der Waals surface area contributed by atoms with Gasteiger partial charge in [-0.15, -0.1) is 6.58 Å². The Balaban J connectivity index is 2.72. The van der Waals surface area contributed by atoms with Crippen LogP contribution in [0.4, 0.5) is 5.69 Å². The summed E-state index contributed by atoms with van der Waals surface area (Å²) in [4.78, 5) is 13.6. The summed E-state index contributed by atoms with van der Waals surface area (Å²) < 4.78 is -0.0368. The summed E-state index contributed by atoms with van der Waals surface area (Å²) in [6.07, 6.45) is 2.48. The van der Waals surface area contributed by atoms with E-state index in [1.54, 1.807) is 18.0 Å². The van der Waals surface area contributed by atoms with Crippen molar-refractivity contribution in [2.75, 3.05) is 11.9 Å². The first-order valence-corrected chi connectivity index (χ1v) is 5.99. The molecule has 0 saturated carbocycles. The second-order valence-corrected chi connectivity index (χ2v) is 4.73. The average Bonchev–Trinajstić information content (AvgIpc) is 2.28. The van der Waals surface area contributed by atoms with E-state index in [1.165, 1.54) is 0 Å². The molecule has 0 N–H and O–H groups in total. The van der Waals surface area contributed by atoms with Gasteiger partial charge in [0, 0.05) is 12.7 Å². The lowest BCUT2D eigenvalue weighted by Gasteiger charge is -2.19. The number of halogens is 1. The molecule has 1 amide bonds. The molecule has 1 atom stereocenters. The Morgan fingerprint density at radius 1 is 1.53 bits per heavy atom. The van der Waals surface area contributed by atoms with Crippen LogP contribution >= 0.6 is 22.6 Å². The van der Waals surface area contributed by atoms with Crippen molar-refractivity contribution in [2.24, 2.45) is 0 Å². The first kappa shape index (κ1) is 12.2. The predicted octanol–water partition coefficient (Wildman–Crippen LogP) is 3.03. The maximum Gasteiger partial charge on any atom is 0.239 e. The number of carbonyl (C=O) groups excluding carboxylic acids is 1. The third-order valence-corrected chi connectivity index (χ3v) is 3.16. The summed E-state index contributed by atoms with van der Waals surface area (Å²) in [7, 11) is 1.80. The van der Waals surface area contributed by atoms with Crippen LogP contribution in [0.2, 0.25) is 0 Å². The maximum absolute atomic E-state index is 11.9. The molecule has 0 aromatic heterocycles. The average molecular weight is 315 g/mol. The molecule has 0 saturated heterocycles. The summed E-state index contributed by atoms with van der Waals surface area (Å²) >= 11 is 2.15. The number of hydrogen-bond acceptors (Lipinski definition) is 1. The van der Waals surface area contributed by atoms with E-state index >= 15 is 0 Å². The number of alkyl halides is 1. The molecule has 0 aliphatic heterocycles. The summed E-state index contributed by atoms with van der Waals surface area (Å²) in [5.41, 5.74) is 0.924. The van der Waals surface area contributed by atoms with E-state index in [1.807, 2.05) is 30.3 Å². The fourth-order valence-corrected chi connectivity index (χ4v) is 2.01. The molecule has 2 nitrogen and oxygen atoms in total. The van der Waals surface area contributed by atoms with Crippen LogP contribution in [0.5, 0.6) is 0 Å². The highest BCUT2D eigenvalue weighted by Gasteiger charge is 2.18. The van der Waals surface area contributed by atoms with Gasteiger partial charge in [-0.25, -0.2) is 0 Å². The highest BCUT2D eigenvalue weighted by Crippen LogP contribution is 2.16. The van der Waals surface area contributed by atoms with Gasteiger partial charge in [0.05, 0.1) is 3.92 Å². The molecule has 0 bridgehead atoms. The van der Waals surface area contributed by atoms with Crippen molar-refractivity contribution in [3.63, 3.8) is 0 Å². The minimum atomic E-state index is -0.0368. The fraction of sp³-hybridized carbons (Fsp3) is 0.250. The largest absolute Gasteiger partial charge is 0.315 e. The first-order valence-electron chi connectivity index (χ1n) is 4.74. The smallest absolute Gasteiger partial charge is 0.239 e. The van der Waals surface area contributed by atoms with E-state index in [4.69, 9.17) is 0 Å². The molecule has 0 aliphatic carbocycles. The van der Waals surface area contributed by atoms with Gasteiger partial charge in [-0.05, 0) is 18.6 Å². The number of allylic oxidation sites excluding steroid dienone is 1. The summed E-state index contributed by atoms with van der Waals surface area (Å²) in [6, 6.07) is 9.64. The van der Waals surface area contributed by atoms with Crippen LogP contribution in [0.3, 0.4) is 0 Å². The van der Waals surface area contributed by atoms with Crippen molar-refractivity contribution in [1.29, 1.82) is 0 Å². The Kier molecular flexibility index (Phi) is 4.81. The van der Waals surface area contributed by atoms with Crippen LogP contribution in [0.15, 0.2) is 43.0 Å². The minimum absolute atomic E-state index is 0.0368. The number of rotatable bonds is 4. The van der Waals surface area contributed by atoms with E-state index in [0.717, 1.165) is 5.69 Å². The fourth-order valence-electron chi connectivity index (χ4n) is 1.24. The zero-order chi connectivity index (χ0) is 11.3. The minimum Gasteiger partial charge on any atom is -0.315 e. The number of anilines is 1. The van der Waals surface area contributed by atoms with Crippen LogP contribution in [0, 0.1) is 0 Å². The van der Waals surface area contributed by atoms with Crippen molar-refractivity contribution >= 4 is 34.2 Å². The lowest BCUT2D eigenvalue weighted by molar-refractivity contribution is -0.117. The highest BCUT2D eigenvalue weighted by molar-refractivity contribution is 14.1. The van der Waals surface area contributed by atoms with Crippen molar-refractivity contribution in [3.05, 3.63) is 43.0 Å². The Morgan fingerprint density at radius 3 is 2.67 bits per heavy atom. The second-order valence-electron chi connectivity index (χ2n) is 3.22. The number of nitrogens with zero attached hydrogens (tertiary/aromatic N) is 1. The quantitative estimate of drug-likeness (QED) is 0.475. The normalized spacial score (nSPS) is 11.9. The molecule has 1 aromatic rings. The van der Waals surface area contributed by atoms with Gasteiger partial charge in [-0.3, -0.25) is 4.79 Å². The Hall–Kier alpha value is -0.840. The standard InChI is InChI=1S/C12H14INO/c1-3-7-11(13)12(15)14(2)10-8-5-4-6-9-10/h3-6,8-9,11H,1,7H2,2H3. The molecule has 3 heteroatoms. The van der Waals surface area contributed by atoms with Gasteiger partial charge in [-0.2, -0.15) is 0 Å². The van der Waals surface area contributed by atoms with Gasteiger partial charge in [0.2, 0.25) is 5.91 Å². The molecule has 0 radical (unpaired) electrons. The molecule has 1 rings (SSSR count). The molecule has 80 valence electrons. The van der Waals surface area contributed by atoms with Crippen LogP contribution < -0.4 is 4.90 Å². The van der Waals surface area contributed by atoms with Crippen molar-refractivity contribution in [3.8, 4) is 0 Å². The van der Waals surface area contributed by atoms with E-state index in [0.29, 0.717) is 6.42 Å². The summed E-state index contributed by atoms with van der Waals surface area (Å²) in [5.74, 6) is 0.113. The van der Waals surface area contributed by atoms with E-state index in [-0.39, 0.29) is 9.83 Å². The predicted molar refractivity (Wildman–Crippen MR) is 72.5 cm³/mol. The molecular formula is C12H14INO. The van der Waals surface area contributed by atoms with Gasteiger partial charge in [0.1, 0.15) is 0 Å². The number of hydrogen-bond donors (Lipinski definition) is 0. The third kappa shape index (κ3) is 3.34. The van der Waals surface area contributed by atoms with Gasteiger partial charge in [-0.1, -0.05) is 46.9 Å². The van der Waals surface area contributed by atoms with Gasteiger partial charge in [0.25, 0.3) is 0 Å². The zero-order valence-corrected chi connectivity index (χ0v) is 10.8. The highest BCUT2D eigenvalue weighted by atomic mass is 127. The zero-order valence-electron chi connectivity index (χ0n) is 8.69. The van der Waals surface area contributed by atoms with E-state index < -0.39 is 0 Å². The molecule has 15 heavy (non-hydrogen) atoms. The van der Waals surface area contributed by atoms with Crippen LogP contribution in [0.1, 0.15) is 6.42 Å². The number of para-hydroxylation sites is 1. The number of amides is 1. The van der Waals surface area contributed by atoms with E-state index in [9.17, 15) is 4.79 Å². The molecule has 0 heterocycles. The van der Waals surface area contributed by atoms with Gasteiger partial charge >= 0.3 is 0 Å². The molecule has 0 aliphatic rings. The topological polar surface area (TPSA) is 20.3 Å². The van der Waals surface area contributed by atoms with Gasteiger partial charge < -0.3 is 4.90 Å². The second kappa shape index (κ2) is 5.90. The molecular weight excluding hydrogens is 301 g/mol. The van der Waals surface area contributed by atoms with Crippen LogP contribution in [-0.2, 0) is 4.79 Å². The summed E-state index contributed by atoms with van der Waals surface area (Å²) in [6.45, 7) is 3.64. The monoisotopic (exact) mass is 315 g/mol. The lowest BCUT2D eigenvalue weighted by Crippen LogP contribution is -2.32. The molecule has 0 fully saturated rings. The Labute approximate surface area is 104 Å². The Morgan fingerprint density at radius 2 is 2.13 bits per heavy atom. The third-order valence-electron chi connectivity index (χ3n) is 2.12. The Bertz CT molecular complexity index is 337. The molecule has 1 unspecified atom stereocenters. The summed E-state index contributed by atoms with van der Waals surface area (Å²) in [5, 5.41) is 0. The van der Waals surface area contributed by atoms with Gasteiger partial charge in [0.15, 0.2) is 0 Å². The lowest BCUT2D eigenvalue weighted by atomic mass is 10.2. The van der Waals surface area contributed by atoms with Crippen LogP contribution in [-0.4, -0.2) is 16.9 Å². The molecule has 0 spiro atoms. The number of carbonyl (C=O) groups is 1. The van der Waals surface area contributed by atoms with Crippen molar-refractivity contribution in [1.82, 2.24) is 0 Å². The SMILES string of the molecule is C=CCC(I)C(=O)N(C)c1ccccc1. The molecule has 1 aromatic carbocycles. The first-order chi connectivity index (χ1) is 7.16. The maximum atomic E-state index is 11.9. The van der Waals surface area contributed by atoms with Crippen molar-refractivity contribution < 1.29 is 4.79 Å².